The smallest absolute Gasteiger partial charge is 0.243 e. The molecule has 1 aliphatic carbocycles. The Balaban J connectivity index is 2.22. The summed E-state index contributed by atoms with van der Waals surface area (Å²) >= 11 is 0. The Morgan fingerprint density at radius 1 is 1.06 bits per heavy atom. The van der Waals surface area contributed by atoms with Crippen molar-refractivity contribution in [3.05, 3.63) is 0 Å². The molecule has 0 aromatic rings. The van der Waals surface area contributed by atoms with Crippen LogP contribution in [0.4, 0.5) is 0 Å². The molecule has 0 radical (unpaired) electrons. The Kier molecular flexibility index (Phi) is 3.66. The molecule has 0 aromatic heterocycles. The molecule has 1 saturated heterocycles. The maximum Gasteiger partial charge on any atom is 0.243 e. The monoisotopic (exact) mass is 248 g/mol. The molecule has 100 valence electrons. The van der Waals surface area contributed by atoms with Gasteiger partial charge in [0.25, 0.3) is 0 Å². The van der Waals surface area contributed by atoms with Crippen LogP contribution < -0.4 is 0 Å². The van der Waals surface area contributed by atoms with Gasteiger partial charge in [-0.05, 0) is 39.5 Å². The molecular formula is C15H24N2O. The van der Waals surface area contributed by atoms with Gasteiger partial charge in [-0.1, -0.05) is 25.7 Å². The van der Waals surface area contributed by atoms with E-state index < -0.39 is 5.41 Å². The van der Waals surface area contributed by atoms with Crippen molar-refractivity contribution in [2.24, 2.45) is 5.41 Å². The molecular weight excluding hydrogens is 224 g/mol. The first-order chi connectivity index (χ1) is 8.52. The predicted octanol–water partition coefficient (Wildman–Crippen LogP) is 3.25. The quantitative estimate of drug-likeness (QED) is 0.669. The van der Waals surface area contributed by atoms with Gasteiger partial charge in [0.05, 0.1) is 6.07 Å². The lowest BCUT2D eigenvalue weighted by Crippen LogP contribution is -2.49. The molecule has 3 nitrogen and oxygen atoms in total. The third-order valence-electron chi connectivity index (χ3n) is 4.73. The standard InChI is InChI=1S/C15H24N2O/c1-14(2)8-7-11-17(14)13(18)15(12-16)9-5-3-4-6-10-15/h3-11H2,1-2H3. The highest BCUT2D eigenvalue weighted by atomic mass is 16.2. The Bertz CT molecular complexity index is 359. The fraction of sp³-hybridized carbons (Fsp3) is 0.867. The van der Waals surface area contributed by atoms with Crippen LogP contribution in [0.2, 0.25) is 0 Å². The van der Waals surface area contributed by atoms with Crippen molar-refractivity contribution in [1.82, 2.24) is 4.90 Å². The zero-order valence-electron chi connectivity index (χ0n) is 11.7. The summed E-state index contributed by atoms with van der Waals surface area (Å²) in [5, 5.41) is 9.57. The van der Waals surface area contributed by atoms with Gasteiger partial charge in [-0.25, -0.2) is 0 Å². The Morgan fingerprint density at radius 2 is 1.67 bits per heavy atom. The van der Waals surface area contributed by atoms with E-state index >= 15 is 0 Å². The van der Waals surface area contributed by atoms with Crippen molar-refractivity contribution < 1.29 is 4.79 Å². The first-order valence-electron chi connectivity index (χ1n) is 7.25. The van der Waals surface area contributed by atoms with E-state index in [-0.39, 0.29) is 11.4 Å². The molecule has 0 unspecified atom stereocenters. The van der Waals surface area contributed by atoms with Gasteiger partial charge < -0.3 is 4.90 Å². The van der Waals surface area contributed by atoms with Crippen molar-refractivity contribution in [1.29, 1.82) is 5.26 Å². The Hall–Kier alpha value is -1.04. The molecule has 1 saturated carbocycles. The average Bonchev–Trinajstić information content (AvgIpc) is 2.56. The van der Waals surface area contributed by atoms with Crippen LogP contribution in [0.3, 0.4) is 0 Å². The number of rotatable bonds is 1. The molecule has 0 aromatic carbocycles. The third kappa shape index (κ3) is 2.25. The Labute approximate surface area is 110 Å². The average molecular weight is 248 g/mol. The summed E-state index contributed by atoms with van der Waals surface area (Å²) in [7, 11) is 0. The van der Waals surface area contributed by atoms with Crippen molar-refractivity contribution in [3.63, 3.8) is 0 Å². The molecule has 1 amide bonds. The van der Waals surface area contributed by atoms with Crippen molar-refractivity contribution in [2.45, 2.75) is 70.8 Å². The largest absolute Gasteiger partial charge is 0.336 e. The summed E-state index contributed by atoms with van der Waals surface area (Å²) in [6, 6.07) is 2.38. The van der Waals surface area contributed by atoms with Gasteiger partial charge >= 0.3 is 0 Å². The summed E-state index contributed by atoms with van der Waals surface area (Å²) in [4.78, 5) is 14.8. The molecule has 2 fully saturated rings. The van der Waals surface area contributed by atoms with Crippen LogP contribution in [0.1, 0.15) is 65.2 Å². The number of amides is 1. The molecule has 0 spiro atoms. The summed E-state index contributed by atoms with van der Waals surface area (Å²) in [6.45, 7) is 5.08. The van der Waals surface area contributed by atoms with Crippen LogP contribution in [0.5, 0.6) is 0 Å². The Morgan fingerprint density at radius 3 is 2.11 bits per heavy atom. The number of likely N-dealkylation sites (tertiary alicyclic amines) is 1. The predicted molar refractivity (Wildman–Crippen MR) is 70.8 cm³/mol. The second kappa shape index (κ2) is 4.91. The maximum atomic E-state index is 12.8. The maximum absolute atomic E-state index is 12.8. The topological polar surface area (TPSA) is 44.1 Å². The summed E-state index contributed by atoms with van der Waals surface area (Å²) in [5.74, 6) is 0.106. The van der Waals surface area contributed by atoms with Gasteiger partial charge in [-0.15, -0.1) is 0 Å². The number of carbonyl (C=O) groups excluding carboxylic acids is 1. The molecule has 1 heterocycles. The number of nitriles is 1. The molecule has 2 rings (SSSR count). The molecule has 0 N–H and O–H groups in total. The lowest BCUT2D eigenvalue weighted by atomic mass is 9.79. The highest BCUT2D eigenvalue weighted by Gasteiger charge is 2.46. The van der Waals surface area contributed by atoms with Crippen LogP contribution in [0, 0.1) is 16.7 Å². The summed E-state index contributed by atoms with van der Waals surface area (Å²) < 4.78 is 0. The minimum atomic E-state index is -0.724. The first kappa shape index (κ1) is 13.4. The molecule has 0 atom stereocenters. The molecule has 18 heavy (non-hydrogen) atoms. The number of carbonyl (C=O) groups is 1. The minimum Gasteiger partial charge on any atom is -0.336 e. The van der Waals surface area contributed by atoms with E-state index in [4.69, 9.17) is 0 Å². The van der Waals surface area contributed by atoms with Crippen molar-refractivity contribution in [2.75, 3.05) is 6.54 Å². The third-order valence-corrected chi connectivity index (χ3v) is 4.73. The summed E-state index contributed by atoms with van der Waals surface area (Å²) in [5.41, 5.74) is -0.786. The zero-order valence-corrected chi connectivity index (χ0v) is 11.7. The van der Waals surface area contributed by atoms with E-state index in [1.165, 1.54) is 12.8 Å². The van der Waals surface area contributed by atoms with E-state index in [1.807, 2.05) is 4.90 Å². The SMILES string of the molecule is CC1(C)CCCN1C(=O)C1(C#N)CCCCCC1. The molecule has 1 aliphatic heterocycles. The normalized spacial score (nSPS) is 26.4. The number of nitrogens with zero attached hydrogens (tertiary/aromatic N) is 2. The van der Waals surface area contributed by atoms with E-state index in [2.05, 4.69) is 19.9 Å². The fourth-order valence-electron chi connectivity index (χ4n) is 3.45. The second-order valence-corrected chi connectivity index (χ2v) is 6.48. The van der Waals surface area contributed by atoms with E-state index in [1.54, 1.807) is 0 Å². The van der Waals surface area contributed by atoms with Crippen LogP contribution in [-0.4, -0.2) is 22.9 Å². The second-order valence-electron chi connectivity index (χ2n) is 6.48. The lowest BCUT2D eigenvalue weighted by Gasteiger charge is -2.37. The molecule has 3 heteroatoms. The van der Waals surface area contributed by atoms with Crippen LogP contribution >= 0.6 is 0 Å². The van der Waals surface area contributed by atoms with Crippen LogP contribution in [0.25, 0.3) is 0 Å². The minimum absolute atomic E-state index is 0.0623. The van der Waals surface area contributed by atoms with E-state index in [0.717, 1.165) is 45.1 Å². The van der Waals surface area contributed by atoms with Gasteiger partial charge in [0.15, 0.2) is 0 Å². The van der Waals surface area contributed by atoms with Gasteiger partial charge in [0.1, 0.15) is 5.41 Å². The highest BCUT2D eigenvalue weighted by molar-refractivity contribution is 5.86. The van der Waals surface area contributed by atoms with Crippen molar-refractivity contribution in [3.8, 4) is 6.07 Å². The number of hydrogen-bond donors (Lipinski definition) is 0. The fourth-order valence-corrected chi connectivity index (χ4v) is 3.45. The van der Waals surface area contributed by atoms with E-state index in [9.17, 15) is 10.1 Å². The lowest BCUT2D eigenvalue weighted by molar-refractivity contribution is -0.143. The molecule has 2 aliphatic rings. The van der Waals surface area contributed by atoms with Crippen LogP contribution in [0.15, 0.2) is 0 Å². The van der Waals surface area contributed by atoms with E-state index in [0.29, 0.717) is 0 Å². The number of hydrogen-bond acceptors (Lipinski definition) is 2. The summed E-state index contributed by atoms with van der Waals surface area (Å²) in [6.07, 6.45) is 8.02. The highest BCUT2D eigenvalue weighted by Crippen LogP contribution is 2.40. The first-order valence-corrected chi connectivity index (χ1v) is 7.25. The zero-order chi connectivity index (χ0) is 13.2. The van der Waals surface area contributed by atoms with Gasteiger partial charge in [0, 0.05) is 12.1 Å². The van der Waals surface area contributed by atoms with Crippen LogP contribution in [-0.2, 0) is 4.79 Å². The molecule has 0 bridgehead atoms. The van der Waals surface area contributed by atoms with Gasteiger partial charge in [-0.3, -0.25) is 4.79 Å². The van der Waals surface area contributed by atoms with Gasteiger partial charge in [0.2, 0.25) is 5.91 Å². The van der Waals surface area contributed by atoms with Crippen molar-refractivity contribution >= 4 is 5.91 Å². The van der Waals surface area contributed by atoms with Gasteiger partial charge in [-0.2, -0.15) is 5.26 Å².